The molecule has 1 fully saturated rings. The lowest BCUT2D eigenvalue weighted by Gasteiger charge is -2.32. The second kappa shape index (κ2) is 12.2. The van der Waals surface area contributed by atoms with E-state index in [2.05, 4.69) is 171 Å². The van der Waals surface area contributed by atoms with E-state index in [9.17, 15) is 0 Å². The lowest BCUT2D eigenvalue weighted by Crippen LogP contribution is -2.17. The van der Waals surface area contributed by atoms with Crippen LogP contribution in [0.3, 0.4) is 0 Å². The van der Waals surface area contributed by atoms with Gasteiger partial charge in [0.1, 0.15) is 0 Å². The van der Waals surface area contributed by atoms with Crippen molar-refractivity contribution in [2.24, 2.45) is 0 Å². The zero-order valence-electron chi connectivity index (χ0n) is 31.7. The third kappa shape index (κ3) is 4.88. The molecule has 1 unspecified atom stereocenters. The van der Waals surface area contributed by atoms with E-state index in [4.69, 9.17) is 9.97 Å². The second-order valence-corrected chi connectivity index (χ2v) is 16.4. The summed E-state index contributed by atoms with van der Waals surface area (Å²) in [6.45, 7) is 7.16. The van der Waals surface area contributed by atoms with Gasteiger partial charge >= 0.3 is 0 Å². The third-order valence-electron chi connectivity index (χ3n) is 13.0. The van der Waals surface area contributed by atoms with Crippen LogP contribution < -0.4 is 4.90 Å². The monoisotopic (exact) mass is 709 g/mol. The van der Waals surface area contributed by atoms with E-state index >= 15 is 0 Å². The number of aryl methyl sites for hydroxylation is 1. The van der Waals surface area contributed by atoms with E-state index in [1.165, 1.54) is 80.8 Å². The van der Waals surface area contributed by atoms with Crippen LogP contribution >= 0.6 is 0 Å². The van der Waals surface area contributed by atoms with E-state index in [0.717, 1.165) is 40.0 Å². The minimum atomic E-state index is -0.0790. The Morgan fingerprint density at radius 2 is 1.47 bits per heavy atom. The molecule has 0 saturated heterocycles. The van der Waals surface area contributed by atoms with Crippen LogP contribution in [0.5, 0.6) is 0 Å². The summed E-state index contributed by atoms with van der Waals surface area (Å²) in [6.07, 6.45) is 11.8. The lowest BCUT2D eigenvalue weighted by atomic mass is 9.72. The summed E-state index contributed by atoms with van der Waals surface area (Å²) in [7, 11) is 0. The van der Waals surface area contributed by atoms with Crippen molar-refractivity contribution in [1.82, 2.24) is 9.97 Å². The average molecular weight is 710 g/mol. The van der Waals surface area contributed by atoms with Gasteiger partial charge in [0, 0.05) is 39.2 Å². The van der Waals surface area contributed by atoms with Crippen LogP contribution in [0.1, 0.15) is 79.2 Å². The molecule has 0 radical (unpaired) electrons. The van der Waals surface area contributed by atoms with Gasteiger partial charge in [0.15, 0.2) is 5.82 Å². The average Bonchev–Trinajstić information content (AvgIpc) is 3.64. The highest BCUT2D eigenvalue weighted by Crippen LogP contribution is 2.60. The largest absolute Gasteiger partial charge is 0.313 e. The summed E-state index contributed by atoms with van der Waals surface area (Å²) in [4.78, 5) is 12.8. The molecule has 0 amide bonds. The van der Waals surface area contributed by atoms with Crippen molar-refractivity contribution >= 4 is 22.3 Å². The Balaban J connectivity index is 1.06. The van der Waals surface area contributed by atoms with E-state index in [1.807, 2.05) is 0 Å². The smallest absolute Gasteiger partial charge is 0.160 e. The number of hydrogen-bond acceptors (Lipinski definition) is 3. The van der Waals surface area contributed by atoms with Gasteiger partial charge in [-0.05, 0) is 125 Å². The number of rotatable bonds is 5. The van der Waals surface area contributed by atoms with Crippen LogP contribution in [-0.4, -0.2) is 9.97 Å². The molecule has 0 N–H and O–H groups in total. The number of benzene rings is 6. The predicted octanol–water partition coefficient (Wildman–Crippen LogP) is 13.6. The van der Waals surface area contributed by atoms with Crippen LogP contribution in [0.4, 0.5) is 11.4 Å². The molecular weight excluding hydrogens is 667 g/mol. The molecule has 1 aromatic heterocycles. The summed E-state index contributed by atoms with van der Waals surface area (Å²) in [5.74, 6) is 1.67. The number of nitrogens with zero attached hydrogens (tertiary/aromatic N) is 3. The van der Waals surface area contributed by atoms with E-state index in [-0.39, 0.29) is 5.41 Å². The van der Waals surface area contributed by atoms with Gasteiger partial charge in [-0.15, -0.1) is 0 Å². The van der Waals surface area contributed by atoms with Gasteiger partial charge in [-0.1, -0.05) is 123 Å². The molecule has 2 heterocycles. The fraction of sp³-hybridized carbons (Fsp3) is 0.192. The Morgan fingerprint density at radius 3 is 2.27 bits per heavy atom. The maximum atomic E-state index is 5.17. The molecule has 0 bridgehead atoms. The Hall–Kier alpha value is -6.06. The first-order valence-corrected chi connectivity index (χ1v) is 20.0. The van der Waals surface area contributed by atoms with Crippen molar-refractivity contribution in [3.8, 4) is 44.9 Å². The Morgan fingerprint density at radius 1 is 0.691 bits per heavy atom. The summed E-state index contributed by atoms with van der Waals surface area (Å²) >= 11 is 0. The molecule has 3 heteroatoms. The van der Waals surface area contributed by atoms with Crippen molar-refractivity contribution in [1.29, 1.82) is 0 Å². The predicted molar refractivity (Wildman–Crippen MR) is 228 cm³/mol. The van der Waals surface area contributed by atoms with Gasteiger partial charge in [-0.2, -0.15) is 0 Å². The maximum absolute atomic E-state index is 5.17. The van der Waals surface area contributed by atoms with Crippen LogP contribution in [0.15, 0.2) is 151 Å². The first-order chi connectivity index (χ1) is 27.0. The molecule has 1 saturated carbocycles. The highest BCUT2D eigenvalue weighted by Gasteiger charge is 2.44. The summed E-state index contributed by atoms with van der Waals surface area (Å²) in [5, 5.41) is 1.06. The fourth-order valence-corrected chi connectivity index (χ4v) is 9.95. The van der Waals surface area contributed by atoms with Crippen LogP contribution in [-0.2, 0) is 5.41 Å². The SMILES string of the molecule is Cc1ccccc1-c1ccc2c(c1C1CCC1)-c1cc3c(cc1C2(C)C)C1CC=CC=C1N3c1ccc(-c2nc(-c3ccccc3)c3ccccc3n2)cc1. The van der Waals surface area contributed by atoms with Gasteiger partial charge < -0.3 is 4.90 Å². The highest BCUT2D eigenvalue weighted by atomic mass is 15.2. The molecule has 7 aromatic rings. The summed E-state index contributed by atoms with van der Waals surface area (Å²) in [5.41, 5.74) is 20.8. The highest BCUT2D eigenvalue weighted by molar-refractivity contribution is 5.95. The van der Waals surface area contributed by atoms with Gasteiger partial charge in [-0.3, -0.25) is 0 Å². The van der Waals surface area contributed by atoms with Crippen molar-refractivity contribution in [2.75, 3.05) is 4.90 Å². The maximum Gasteiger partial charge on any atom is 0.160 e. The number of fused-ring (bicyclic) bond motifs is 7. The molecule has 11 rings (SSSR count). The van der Waals surface area contributed by atoms with Crippen molar-refractivity contribution in [2.45, 2.75) is 63.7 Å². The molecule has 55 heavy (non-hydrogen) atoms. The lowest BCUT2D eigenvalue weighted by molar-refractivity contribution is 0.421. The van der Waals surface area contributed by atoms with E-state index in [0.29, 0.717) is 11.8 Å². The quantitative estimate of drug-likeness (QED) is 0.178. The molecule has 266 valence electrons. The van der Waals surface area contributed by atoms with Gasteiger partial charge in [0.05, 0.1) is 16.9 Å². The van der Waals surface area contributed by atoms with Gasteiger partial charge in [0.25, 0.3) is 0 Å². The minimum Gasteiger partial charge on any atom is -0.313 e. The zero-order chi connectivity index (χ0) is 36.8. The molecule has 3 nitrogen and oxygen atoms in total. The topological polar surface area (TPSA) is 29.0 Å². The van der Waals surface area contributed by atoms with Crippen molar-refractivity contribution < 1.29 is 0 Å². The van der Waals surface area contributed by atoms with E-state index in [1.54, 1.807) is 5.56 Å². The number of aromatic nitrogens is 2. The van der Waals surface area contributed by atoms with Crippen LogP contribution in [0.25, 0.3) is 55.8 Å². The van der Waals surface area contributed by atoms with Crippen LogP contribution in [0, 0.1) is 6.92 Å². The van der Waals surface area contributed by atoms with Crippen molar-refractivity contribution in [3.63, 3.8) is 0 Å². The third-order valence-corrected chi connectivity index (χ3v) is 13.0. The molecule has 1 atom stereocenters. The fourth-order valence-electron chi connectivity index (χ4n) is 9.95. The van der Waals surface area contributed by atoms with Crippen LogP contribution in [0.2, 0.25) is 0 Å². The molecule has 3 aliphatic carbocycles. The number of allylic oxidation sites excluding steroid dienone is 4. The number of para-hydroxylation sites is 1. The Kier molecular flexibility index (Phi) is 7.20. The Labute approximate surface area is 323 Å². The molecular formula is C52H43N3. The standard InChI is InChI=1S/C52H43N3/c1-32-14-7-8-19-37(32)39-28-29-43-49(48(39)33-17-13-18-33)42-31-47-41(30-44(42)52(43,2)3)38-20-10-12-23-46(38)55(47)36-26-24-35(25-27-36)51-53-45-22-11-9-21-40(45)50(54-51)34-15-5-4-6-16-34/h4-12,14-16,19,21-31,33,38H,13,17-18,20H2,1-3H3. The summed E-state index contributed by atoms with van der Waals surface area (Å²) in [6, 6.07) is 46.7. The van der Waals surface area contributed by atoms with Gasteiger partial charge in [-0.25, -0.2) is 9.97 Å². The normalized spacial score (nSPS) is 17.7. The first kappa shape index (κ1) is 32.4. The second-order valence-electron chi connectivity index (χ2n) is 16.4. The first-order valence-electron chi connectivity index (χ1n) is 20.0. The molecule has 0 spiro atoms. The minimum absolute atomic E-state index is 0.0790. The Bertz CT molecular complexity index is 2750. The molecule has 6 aromatic carbocycles. The zero-order valence-corrected chi connectivity index (χ0v) is 31.7. The van der Waals surface area contributed by atoms with Crippen molar-refractivity contribution in [3.05, 3.63) is 179 Å². The molecule has 1 aliphatic heterocycles. The number of anilines is 2. The van der Waals surface area contributed by atoms with Gasteiger partial charge in [0.2, 0.25) is 0 Å². The summed E-state index contributed by atoms with van der Waals surface area (Å²) < 4.78 is 0. The number of hydrogen-bond donors (Lipinski definition) is 0. The van der Waals surface area contributed by atoms with E-state index < -0.39 is 0 Å². The molecule has 4 aliphatic rings.